The van der Waals surface area contributed by atoms with Crippen LogP contribution in [0.15, 0.2) is 23.1 Å². The average Bonchev–Trinajstić information content (AvgIpc) is 2.12. The van der Waals surface area contributed by atoms with Crippen molar-refractivity contribution in [3.63, 3.8) is 0 Å². The minimum absolute atomic E-state index is 0.0280. The minimum Gasteiger partial charge on any atom is -0.465 e. The highest BCUT2D eigenvalue weighted by molar-refractivity contribution is 6.29. The molecule has 3 N–H and O–H groups in total. The predicted molar refractivity (Wildman–Crippen MR) is 52.7 cm³/mol. The van der Waals surface area contributed by atoms with E-state index in [0.717, 1.165) is 0 Å². The van der Waals surface area contributed by atoms with Crippen molar-refractivity contribution < 1.29 is 9.53 Å². The number of nitrogens with zero attached hydrogens (tertiary/aromatic N) is 1. The van der Waals surface area contributed by atoms with Crippen LogP contribution < -0.4 is 11.2 Å². The van der Waals surface area contributed by atoms with Gasteiger partial charge in [0.1, 0.15) is 17.5 Å². The molecule has 0 aromatic rings. The topological polar surface area (TPSA) is 67.6 Å². The summed E-state index contributed by atoms with van der Waals surface area (Å²) >= 11 is 5.69. The molecule has 0 aromatic carbocycles. The lowest BCUT2D eigenvalue weighted by Crippen LogP contribution is -2.43. The zero-order chi connectivity index (χ0) is 10.6. The molecule has 0 amide bonds. The zero-order valence-corrected chi connectivity index (χ0v) is 8.54. The van der Waals surface area contributed by atoms with Crippen molar-refractivity contribution in [3.05, 3.63) is 23.1 Å². The van der Waals surface area contributed by atoms with Gasteiger partial charge in [-0.15, -0.1) is 0 Å². The first-order chi connectivity index (χ1) is 6.63. The number of allylic oxidation sites excluding steroid dienone is 2. The number of nitrogens with one attached hydrogen (secondary N) is 1. The number of carbonyl (C=O) groups excluding carboxylic acids is 1. The van der Waals surface area contributed by atoms with Gasteiger partial charge < -0.3 is 10.5 Å². The highest BCUT2D eigenvalue weighted by Crippen LogP contribution is 2.08. The van der Waals surface area contributed by atoms with Gasteiger partial charge in [0.15, 0.2) is 0 Å². The third-order valence-corrected chi connectivity index (χ3v) is 1.76. The summed E-state index contributed by atoms with van der Waals surface area (Å²) in [5, 5.41) is 1.82. The molecule has 1 aliphatic heterocycles. The number of halogens is 1. The molecule has 0 aromatic heterocycles. The number of hydrogen-bond acceptors (Lipinski definition) is 5. The molecule has 0 saturated heterocycles. The van der Waals surface area contributed by atoms with Crippen LogP contribution in [0.5, 0.6) is 0 Å². The van der Waals surface area contributed by atoms with Crippen LogP contribution >= 0.6 is 11.6 Å². The standard InChI is InChI=1S/C8H12ClN3O2/c1-2-14-8(13)5-12-7(10)4-3-6(9)11-12/h3-4,11H,2,5,10H2,1H3. The number of hydrazine groups is 1. The summed E-state index contributed by atoms with van der Waals surface area (Å²) < 4.78 is 4.76. The summed E-state index contributed by atoms with van der Waals surface area (Å²) in [4.78, 5) is 11.1. The normalized spacial score (nSPS) is 15.4. The first-order valence-corrected chi connectivity index (χ1v) is 4.54. The summed E-state index contributed by atoms with van der Waals surface area (Å²) in [5.41, 5.74) is 8.32. The van der Waals surface area contributed by atoms with E-state index < -0.39 is 0 Å². The van der Waals surface area contributed by atoms with Crippen molar-refractivity contribution >= 4 is 17.6 Å². The van der Waals surface area contributed by atoms with Crippen molar-refractivity contribution in [1.29, 1.82) is 0 Å². The lowest BCUT2D eigenvalue weighted by Gasteiger charge is -2.26. The molecule has 0 bridgehead atoms. The summed E-state index contributed by atoms with van der Waals surface area (Å²) in [7, 11) is 0. The van der Waals surface area contributed by atoms with Crippen LogP contribution in [0.1, 0.15) is 6.92 Å². The number of nitrogens with two attached hydrogens (primary N) is 1. The van der Waals surface area contributed by atoms with Gasteiger partial charge >= 0.3 is 5.97 Å². The van der Waals surface area contributed by atoms with E-state index in [1.54, 1.807) is 19.1 Å². The second-order valence-electron chi connectivity index (χ2n) is 2.61. The fraction of sp³-hybridized carbons (Fsp3) is 0.375. The minimum atomic E-state index is -0.359. The van der Waals surface area contributed by atoms with E-state index in [-0.39, 0.29) is 12.5 Å². The second-order valence-corrected chi connectivity index (χ2v) is 3.02. The van der Waals surface area contributed by atoms with Gasteiger partial charge in [0, 0.05) is 0 Å². The van der Waals surface area contributed by atoms with Crippen LogP contribution in [0.4, 0.5) is 0 Å². The van der Waals surface area contributed by atoms with E-state index in [0.29, 0.717) is 17.6 Å². The van der Waals surface area contributed by atoms with Crippen LogP contribution in [0.2, 0.25) is 0 Å². The van der Waals surface area contributed by atoms with Crippen molar-refractivity contribution in [2.45, 2.75) is 6.92 Å². The maximum absolute atomic E-state index is 11.1. The Hall–Kier alpha value is -1.36. The van der Waals surface area contributed by atoms with Crippen LogP contribution in [-0.4, -0.2) is 24.1 Å². The molecule has 78 valence electrons. The predicted octanol–water partition coefficient (Wildman–Crippen LogP) is 0.250. The molecule has 0 fully saturated rings. The molecular weight excluding hydrogens is 206 g/mol. The van der Waals surface area contributed by atoms with Crippen molar-refractivity contribution in [3.8, 4) is 0 Å². The number of esters is 1. The van der Waals surface area contributed by atoms with Gasteiger partial charge in [-0.2, -0.15) is 0 Å². The molecular formula is C8H12ClN3O2. The molecule has 1 rings (SSSR count). The Morgan fingerprint density at radius 3 is 3.07 bits per heavy atom. The van der Waals surface area contributed by atoms with Crippen molar-refractivity contribution in [2.24, 2.45) is 5.73 Å². The smallest absolute Gasteiger partial charge is 0.327 e. The Balaban J connectivity index is 2.50. The molecule has 0 radical (unpaired) electrons. The van der Waals surface area contributed by atoms with Crippen LogP contribution in [0.3, 0.4) is 0 Å². The van der Waals surface area contributed by atoms with E-state index in [9.17, 15) is 4.79 Å². The Morgan fingerprint density at radius 1 is 1.71 bits per heavy atom. The van der Waals surface area contributed by atoms with Gasteiger partial charge in [0.05, 0.1) is 6.61 Å². The van der Waals surface area contributed by atoms with Crippen LogP contribution in [0.25, 0.3) is 0 Å². The highest BCUT2D eigenvalue weighted by Gasteiger charge is 2.15. The van der Waals surface area contributed by atoms with Gasteiger partial charge in [0.25, 0.3) is 0 Å². The number of hydrogen-bond donors (Lipinski definition) is 2. The lowest BCUT2D eigenvalue weighted by atomic mass is 10.4. The molecule has 0 spiro atoms. The van der Waals surface area contributed by atoms with Crippen molar-refractivity contribution in [1.82, 2.24) is 10.4 Å². The second kappa shape index (κ2) is 4.76. The quantitative estimate of drug-likeness (QED) is 0.524. The van der Waals surface area contributed by atoms with Crippen LogP contribution in [0, 0.1) is 0 Å². The summed E-state index contributed by atoms with van der Waals surface area (Å²) in [6.45, 7) is 2.12. The Kier molecular flexibility index (Phi) is 3.64. The Labute approximate surface area is 87.1 Å². The van der Waals surface area contributed by atoms with Crippen LogP contribution in [-0.2, 0) is 9.53 Å². The van der Waals surface area contributed by atoms with Crippen molar-refractivity contribution in [2.75, 3.05) is 13.2 Å². The number of ether oxygens (including phenoxy) is 1. The zero-order valence-electron chi connectivity index (χ0n) is 7.79. The highest BCUT2D eigenvalue weighted by atomic mass is 35.5. The van der Waals surface area contributed by atoms with Gasteiger partial charge in [0.2, 0.25) is 0 Å². The molecule has 0 unspecified atom stereocenters. The molecule has 0 aliphatic carbocycles. The van der Waals surface area contributed by atoms with E-state index in [1.165, 1.54) is 5.01 Å². The maximum Gasteiger partial charge on any atom is 0.327 e. The van der Waals surface area contributed by atoms with E-state index in [2.05, 4.69) is 5.43 Å². The molecule has 0 saturated carbocycles. The first kappa shape index (κ1) is 10.7. The summed E-state index contributed by atoms with van der Waals surface area (Å²) in [6, 6.07) is 0. The van der Waals surface area contributed by atoms with Gasteiger partial charge in [-0.05, 0) is 19.1 Å². The molecule has 1 heterocycles. The third-order valence-electron chi connectivity index (χ3n) is 1.55. The first-order valence-electron chi connectivity index (χ1n) is 4.16. The SMILES string of the molecule is CCOC(=O)CN1NC(Cl)=CC=C1N. The maximum atomic E-state index is 11.1. The molecule has 0 atom stereocenters. The largest absolute Gasteiger partial charge is 0.465 e. The molecule has 1 aliphatic rings. The van der Waals surface area contributed by atoms with E-state index in [1.807, 2.05) is 0 Å². The monoisotopic (exact) mass is 217 g/mol. The Morgan fingerprint density at radius 2 is 2.43 bits per heavy atom. The lowest BCUT2D eigenvalue weighted by molar-refractivity contribution is -0.144. The molecule has 5 nitrogen and oxygen atoms in total. The van der Waals surface area contributed by atoms with Gasteiger partial charge in [-0.3, -0.25) is 15.2 Å². The summed E-state index contributed by atoms with van der Waals surface area (Å²) in [5.74, 6) is 0.0603. The number of carbonyl (C=O) groups is 1. The average molecular weight is 218 g/mol. The number of rotatable bonds is 3. The fourth-order valence-corrected chi connectivity index (χ4v) is 1.11. The third kappa shape index (κ3) is 2.85. The molecule has 14 heavy (non-hydrogen) atoms. The van der Waals surface area contributed by atoms with Gasteiger partial charge in [-0.25, -0.2) is 0 Å². The Bertz CT molecular complexity index is 288. The fourth-order valence-electron chi connectivity index (χ4n) is 0.946. The van der Waals surface area contributed by atoms with E-state index in [4.69, 9.17) is 22.1 Å². The van der Waals surface area contributed by atoms with E-state index >= 15 is 0 Å². The summed E-state index contributed by atoms with van der Waals surface area (Å²) in [6.07, 6.45) is 3.22. The van der Waals surface area contributed by atoms with Gasteiger partial charge in [-0.1, -0.05) is 11.6 Å². The molecule has 6 heteroatoms.